The number of esters is 1. The van der Waals surface area contributed by atoms with Crippen LogP contribution in [0.3, 0.4) is 0 Å². The summed E-state index contributed by atoms with van der Waals surface area (Å²) < 4.78 is 11.0. The number of carbonyl (C=O) groups is 3. The van der Waals surface area contributed by atoms with Crippen LogP contribution in [0.1, 0.15) is 32.8 Å². The van der Waals surface area contributed by atoms with Gasteiger partial charge in [-0.1, -0.05) is 37.3 Å². The summed E-state index contributed by atoms with van der Waals surface area (Å²) in [7, 11) is 0. The zero-order valence-electron chi connectivity index (χ0n) is 16.7. The van der Waals surface area contributed by atoms with Gasteiger partial charge in [0.25, 0.3) is 0 Å². The molecule has 2 aromatic carbocycles. The Balaban J connectivity index is 2.34. The largest absolute Gasteiger partial charge is 0.479 e. The lowest BCUT2D eigenvalue weighted by Crippen LogP contribution is -2.62. The van der Waals surface area contributed by atoms with Crippen LogP contribution in [-0.4, -0.2) is 34.6 Å². The molecule has 0 fully saturated rings. The monoisotopic (exact) mass is 399 g/mol. The molecule has 2 atom stereocenters. The van der Waals surface area contributed by atoms with E-state index in [9.17, 15) is 19.5 Å². The molecule has 154 valence electrons. The van der Waals surface area contributed by atoms with Crippen molar-refractivity contribution in [3.05, 3.63) is 60.2 Å². The second kappa shape index (κ2) is 9.73. The van der Waals surface area contributed by atoms with Crippen LogP contribution in [0.25, 0.3) is 0 Å². The summed E-state index contributed by atoms with van der Waals surface area (Å²) in [6, 6.07) is 15.8. The Morgan fingerprint density at radius 2 is 1.72 bits per heavy atom. The number of hydrogen-bond donors (Lipinski definition) is 2. The maximum Gasteiger partial charge on any atom is 0.344 e. The number of amides is 1. The molecule has 0 aliphatic rings. The van der Waals surface area contributed by atoms with Crippen LogP contribution >= 0.6 is 0 Å². The van der Waals surface area contributed by atoms with Crippen LogP contribution in [0.2, 0.25) is 0 Å². The number of nitrogens with one attached hydrogen (secondary N) is 1. The van der Waals surface area contributed by atoms with E-state index in [0.29, 0.717) is 23.5 Å². The number of hydrogen-bond acceptors (Lipinski definition) is 5. The SMILES string of the molecule is CCC(C)OC(=O)C(Cc1cccc(Oc2ccccc2)c1)(NC(C)=O)C(=O)O. The average molecular weight is 399 g/mol. The van der Waals surface area contributed by atoms with Crippen molar-refractivity contribution in [2.45, 2.75) is 45.3 Å². The van der Waals surface area contributed by atoms with E-state index >= 15 is 0 Å². The number of ether oxygens (including phenoxy) is 2. The number of rotatable bonds is 9. The van der Waals surface area contributed by atoms with Gasteiger partial charge in [0.15, 0.2) is 0 Å². The Labute approximate surface area is 169 Å². The zero-order chi connectivity index (χ0) is 21.4. The zero-order valence-corrected chi connectivity index (χ0v) is 16.7. The summed E-state index contributed by atoms with van der Waals surface area (Å²) in [5.41, 5.74) is -1.74. The van der Waals surface area contributed by atoms with Crippen molar-refractivity contribution >= 4 is 17.8 Å². The van der Waals surface area contributed by atoms with Gasteiger partial charge in [-0.05, 0) is 43.2 Å². The fourth-order valence-electron chi connectivity index (χ4n) is 2.70. The van der Waals surface area contributed by atoms with E-state index in [2.05, 4.69) is 5.32 Å². The summed E-state index contributed by atoms with van der Waals surface area (Å²) in [5, 5.41) is 12.1. The van der Waals surface area contributed by atoms with Crippen molar-refractivity contribution in [2.75, 3.05) is 0 Å². The molecule has 0 heterocycles. The minimum Gasteiger partial charge on any atom is -0.479 e. The number of carbonyl (C=O) groups excluding carboxylic acids is 2. The summed E-state index contributed by atoms with van der Waals surface area (Å²) in [6.07, 6.45) is -0.256. The van der Waals surface area contributed by atoms with Crippen molar-refractivity contribution in [2.24, 2.45) is 0 Å². The lowest BCUT2D eigenvalue weighted by molar-refractivity contribution is -0.168. The second-order valence-corrected chi connectivity index (χ2v) is 6.76. The lowest BCUT2D eigenvalue weighted by atomic mass is 9.90. The van der Waals surface area contributed by atoms with Gasteiger partial charge in [0.1, 0.15) is 11.5 Å². The molecule has 0 aliphatic heterocycles. The first-order chi connectivity index (χ1) is 13.8. The van der Waals surface area contributed by atoms with Crippen LogP contribution in [0.5, 0.6) is 11.5 Å². The average Bonchev–Trinajstić information content (AvgIpc) is 2.67. The van der Waals surface area contributed by atoms with E-state index in [1.165, 1.54) is 0 Å². The molecule has 2 rings (SSSR count). The van der Waals surface area contributed by atoms with Crippen LogP contribution in [0, 0.1) is 0 Å². The number of aliphatic carboxylic acids is 1. The molecule has 2 aromatic rings. The van der Waals surface area contributed by atoms with E-state index in [4.69, 9.17) is 9.47 Å². The molecule has 29 heavy (non-hydrogen) atoms. The lowest BCUT2D eigenvalue weighted by Gasteiger charge is -2.29. The molecular formula is C22H25NO6. The standard InChI is InChI=1S/C22H25NO6/c1-4-15(2)28-21(27)22(20(25)26,23-16(3)24)14-17-9-8-12-19(13-17)29-18-10-6-5-7-11-18/h5-13,15H,4,14H2,1-3H3,(H,23,24)(H,25,26). The van der Waals surface area contributed by atoms with E-state index < -0.39 is 29.5 Å². The molecule has 2 N–H and O–H groups in total. The normalized spacial score (nSPS) is 13.6. The first-order valence-corrected chi connectivity index (χ1v) is 9.32. The second-order valence-electron chi connectivity index (χ2n) is 6.76. The van der Waals surface area contributed by atoms with Gasteiger partial charge in [0.2, 0.25) is 11.4 Å². The first-order valence-electron chi connectivity index (χ1n) is 9.32. The summed E-state index contributed by atoms with van der Waals surface area (Å²) in [5.74, 6) is -2.05. The minimum absolute atomic E-state index is 0.289. The molecule has 0 aliphatic carbocycles. The van der Waals surface area contributed by atoms with Gasteiger partial charge < -0.3 is 19.9 Å². The topological polar surface area (TPSA) is 102 Å². The van der Waals surface area contributed by atoms with Gasteiger partial charge in [-0.15, -0.1) is 0 Å². The van der Waals surface area contributed by atoms with Gasteiger partial charge in [-0.2, -0.15) is 0 Å². The third-order valence-corrected chi connectivity index (χ3v) is 4.33. The fraction of sp³-hybridized carbons (Fsp3) is 0.318. The Bertz CT molecular complexity index is 867. The highest BCUT2D eigenvalue weighted by Crippen LogP contribution is 2.25. The minimum atomic E-state index is -2.24. The number of para-hydroxylation sites is 1. The molecule has 2 unspecified atom stereocenters. The van der Waals surface area contributed by atoms with Gasteiger partial charge in [0.05, 0.1) is 6.10 Å². The molecule has 7 heteroatoms. The Morgan fingerprint density at radius 1 is 1.07 bits per heavy atom. The molecule has 0 aromatic heterocycles. The predicted molar refractivity (Wildman–Crippen MR) is 107 cm³/mol. The van der Waals surface area contributed by atoms with E-state index in [1.54, 1.807) is 43.3 Å². The van der Waals surface area contributed by atoms with Crippen molar-refractivity contribution in [3.8, 4) is 11.5 Å². The Kier molecular flexibility index (Phi) is 7.36. The molecule has 1 amide bonds. The highest BCUT2D eigenvalue weighted by molar-refractivity contribution is 6.07. The first kappa shape index (κ1) is 21.9. The van der Waals surface area contributed by atoms with E-state index in [0.717, 1.165) is 6.92 Å². The molecule has 0 bridgehead atoms. The van der Waals surface area contributed by atoms with Gasteiger partial charge in [0, 0.05) is 13.3 Å². The summed E-state index contributed by atoms with van der Waals surface area (Å²) in [4.78, 5) is 36.6. The Morgan fingerprint density at radius 3 is 2.31 bits per heavy atom. The number of carboxylic acids is 1. The third-order valence-electron chi connectivity index (χ3n) is 4.33. The Hall–Kier alpha value is -3.35. The van der Waals surface area contributed by atoms with Crippen LogP contribution in [0.15, 0.2) is 54.6 Å². The van der Waals surface area contributed by atoms with Crippen molar-refractivity contribution in [3.63, 3.8) is 0 Å². The van der Waals surface area contributed by atoms with E-state index in [-0.39, 0.29) is 6.42 Å². The molecule has 7 nitrogen and oxygen atoms in total. The molecule has 0 spiro atoms. The van der Waals surface area contributed by atoms with Crippen LogP contribution < -0.4 is 10.1 Å². The summed E-state index contributed by atoms with van der Waals surface area (Å²) in [6.45, 7) is 4.62. The highest BCUT2D eigenvalue weighted by Gasteiger charge is 2.49. The molecule has 0 saturated carbocycles. The quantitative estimate of drug-likeness (QED) is 0.495. The smallest absolute Gasteiger partial charge is 0.344 e. The maximum absolute atomic E-state index is 12.7. The van der Waals surface area contributed by atoms with Crippen molar-refractivity contribution < 1.29 is 29.0 Å². The van der Waals surface area contributed by atoms with Gasteiger partial charge in [-0.3, -0.25) is 4.79 Å². The van der Waals surface area contributed by atoms with Crippen molar-refractivity contribution in [1.82, 2.24) is 5.32 Å². The molecular weight excluding hydrogens is 374 g/mol. The van der Waals surface area contributed by atoms with E-state index in [1.807, 2.05) is 25.1 Å². The van der Waals surface area contributed by atoms with Crippen LogP contribution in [-0.2, 0) is 25.5 Å². The van der Waals surface area contributed by atoms with Crippen LogP contribution in [0.4, 0.5) is 0 Å². The summed E-state index contributed by atoms with van der Waals surface area (Å²) >= 11 is 0. The third kappa shape index (κ3) is 5.81. The van der Waals surface area contributed by atoms with Gasteiger partial charge in [-0.25, -0.2) is 9.59 Å². The number of benzene rings is 2. The molecule has 0 saturated heterocycles. The fourth-order valence-corrected chi connectivity index (χ4v) is 2.70. The maximum atomic E-state index is 12.7. The molecule has 0 radical (unpaired) electrons. The number of carboxylic acid groups (broad SMARTS) is 1. The predicted octanol–water partition coefficient (Wildman–Crippen LogP) is 3.32. The highest BCUT2D eigenvalue weighted by atomic mass is 16.5. The van der Waals surface area contributed by atoms with Gasteiger partial charge >= 0.3 is 11.9 Å². The van der Waals surface area contributed by atoms with Crippen molar-refractivity contribution in [1.29, 1.82) is 0 Å².